The average Bonchev–Trinajstić information content (AvgIpc) is 3.22. The van der Waals surface area contributed by atoms with Crippen molar-refractivity contribution in [2.45, 2.75) is 19.9 Å². The van der Waals surface area contributed by atoms with E-state index in [1.54, 1.807) is 24.6 Å². The molecular weight excluding hydrogens is 312 g/mol. The first-order valence-electron chi connectivity index (χ1n) is 7.25. The number of nitrogens with one attached hydrogen (secondary N) is 1. The summed E-state index contributed by atoms with van der Waals surface area (Å²) in [5.74, 6) is -0.235. The van der Waals surface area contributed by atoms with E-state index in [-0.39, 0.29) is 11.9 Å². The maximum atomic E-state index is 12.2. The van der Waals surface area contributed by atoms with E-state index in [1.165, 1.54) is 4.68 Å². The van der Waals surface area contributed by atoms with Crippen LogP contribution in [0.2, 0.25) is 0 Å². The highest BCUT2D eigenvalue weighted by atomic mass is 32.1. The summed E-state index contributed by atoms with van der Waals surface area (Å²) < 4.78 is 3.46. The van der Waals surface area contributed by atoms with Gasteiger partial charge in [0.1, 0.15) is 6.04 Å². The van der Waals surface area contributed by atoms with Crippen LogP contribution in [-0.2, 0) is 7.05 Å². The Morgan fingerprint density at radius 3 is 2.83 bits per heavy atom. The van der Waals surface area contributed by atoms with Crippen LogP contribution in [-0.4, -0.2) is 37.2 Å². The second-order valence-electron chi connectivity index (χ2n) is 5.39. The third-order valence-corrected chi connectivity index (χ3v) is 4.48. The number of amides is 1. The van der Waals surface area contributed by atoms with Crippen LogP contribution in [0, 0.1) is 13.8 Å². The number of aromatic nitrogens is 5. The van der Waals surface area contributed by atoms with Crippen LogP contribution in [0.3, 0.4) is 0 Å². The molecule has 0 aliphatic rings. The second-order valence-corrected chi connectivity index (χ2v) is 6.37. The van der Waals surface area contributed by atoms with Crippen molar-refractivity contribution in [3.8, 4) is 0 Å². The largest absolute Gasteiger partial charge is 0.348 e. The molecule has 0 aliphatic heterocycles. The second kappa shape index (κ2) is 6.33. The molecule has 0 saturated carbocycles. The van der Waals surface area contributed by atoms with E-state index >= 15 is 0 Å². The average molecular weight is 330 g/mol. The third-order valence-electron chi connectivity index (χ3n) is 3.50. The summed E-state index contributed by atoms with van der Waals surface area (Å²) in [6.07, 6.45) is 1.60. The molecule has 0 aliphatic carbocycles. The number of hydrogen-bond acceptors (Lipinski definition) is 5. The van der Waals surface area contributed by atoms with Crippen LogP contribution in [0.5, 0.6) is 0 Å². The van der Waals surface area contributed by atoms with Gasteiger partial charge in [0.15, 0.2) is 5.69 Å². The number of carbonyl (C=O) groups excluding carboxylic acids is 1. The van der Waals surface area contributed by atoms with Gasteiger partial charge >= 0.3 is 0 Å². The first kappa shape index (κ1) is 15.4. The number of carbonyl (C=O) groups is 1. The minimum atomic E-state index is -0.235. The Hall–Kier alpha value is -2.48. The summed E-state index contributed by atoms with van der Waals surface area (Å²) in [7, 11) is 1.73. The van der Waals surface area contributed by atoms with Gasteiger partial charge in [-0.3, -0.25) is 14.2 Å². The monoisotopic (exact) mass is 330 g/mol. The van der Waals surface area contributed by atoms with Gasteiger partial charge in [0, 0.05) is 24.2 Å². The molecule has 0 spiro atoms. The molecule has 0 aromatic carbocycles. The van der Waals surface area contributed by atoms with Gasteiger partial charge in [-0.15, -0.1) is 16.4 Å². The summed E-state index contributed by atoms with van der Waals surface area (Å²) in [5, 5.41) is 17.1. The molecule has 1 unspecified atom stereocenters. The number of hydrogen-bond donors (Lipinski definition) is 1. The van der Waals surface area contributed by atoms with Crippen molar-refractivity contribution in [2.24, 2.45) is 7.05 Å². The fourth-order valence-corrected chi connectivity index (χ4v) is 3.29. The van der Waals surface area contributed by atoms with Gasteiger partial charge in [-0.1, -0.05) is 11.3 Å². The molecule has 0 saturated heterocycles. The lowest BCUT2D eigenvalue weighted by Gasteiger charge is -2.18. The maximum Gasteiger partial charge on any atom is 0.273 e. The van der Waals surface area contributed by atoms with E-state index in [0.29, 0.717) is 12.2 Å². The van der Waals surface area contributed by atoms with Gasteiger partial charge in [0.2, 0.25) is 0 Å². The Labute approximate surface area is 137 Å². The quantitative estimate of drug-likeness (QED) is 0.772. The zero-order valence-corrected chi connectivity index (χ0v) is 14.0. The lowest BCUT2D eigenvalue weighted by atomic mass is 10.2. The van der Waals surface area contributed by atoms with Crippen LogP contribution in [0.4, 0.5) is 0 Å². The first-order valence-corrected chi connectivity index (χ1v) is 8.13. The number of thiophene rings is 1. The number of rotatable bonds is 5. The number of nitrogens with zero attached hydrogens (tertiary/aromatic N) is 5. The van der Waals surface area contributed by atoms with Crippen molar-refractivity contribution >= 4 is 17.2 Å². The van der Waals surface area contributed by atoms with E-state index < -0.39 is 0 Å². The molecule has 3 heterocycles. The van der Waals surface area contributed by atoms with Gasteiger partial charge in [0.05, 0.1) is 11.9 Å². The minimum absolute atomic E-state index is 0.0377. The zero-order chi connectivity index (χ0) is 16.4. The minimum Gasteiger partial charge on any atom is -0.348 e. The van der Waals surface area contributed by atoms with Crippen molar-refractivity contribution < 1.29 is 4.79 Å². The Bertz CT molecular complexity index is 804. The molecule has 8 heteroatoms. The molecule has 0 radical (unpaired) electrons. The smallest absolute Gasteiger partial charge is 0.273 e. The zero-order valence-electron chi connectivity index (χ0n) is 13.2. The van der Waals surface area contributed by atoms with Crippen LogP contribution >= 0.6 is 11.3 Å². The van der Waals surface area contributed by atoms with Crippen molar-refractivity contribution in [1.29, 1.82) is 0 Å². The third kappa shape index (κ3) is 3.31. The van der Waals surface area contributed by atoms with Crippen LogP contribution in [0.25, 0.3) is 0 Å². The normalized spacial score (nSPS) is 12.3. The lowest BCUT2D eigenvalue weighted by Crippen LogP contribution is -2.32. The Kier molecular flexibility index (Phi) is 4.24. The molecule has 120 valence electrons. The highest BCUT2D eigenvalue weighted by Crippen LogP contribution is 2.24. The molecule has 7 nitrogen and oxygen atoms in total. The Balaban J connectivity index is 1.80. The molecule has 1 atom stereocenters. The molecule has 0 fully saturated rings. The summed E-state index contributed by atoms with van der Waals surface area (Å²) >= 11 is 1.65. The topological polar surface area (TPSA) is 77.6 Å². The SMILES string of the molecule is Cc1cc(C)n(C(CNC(=O)c2cn(C)nn2)c2cccs2)n1. The molecule has 3 aromatic rings. The molecule has 0 bridgehead atoms. The molecule has 3 rings (SSSR count). The molecule has 23 heavy (non-hydrogen) atoms. The van der Waals surface area contributed by atoms with Gasteiger partial charge in [-0.05, 0) is 31.4 Å². The first-order chi connectivity index (χ1) is 11.0. The fourth-order valence-electron chi connectivity index (χ4n) is 2.48. The molecule has 1 amide bonds. The summed E-state index contributed by atoms with van der Waals surface area (Å²) in [5.41, 5.74) is 2.34. The molecular formula is C15H18N6OS. The summed E-state index contributed by atoms with van der Waals surface area (Å²) in [6, 6.07) is 6.05. The summed E-state index contributed by atoms with van der Waals surface area (Å²) in [6.45, 7) is 4.43. The van der Waals surface area contributed by atoms with E-state index in [9.17, 15) is 4.79 Å². The van der Waals surface area contributed by atoms with Gasteiger partial charge in [0.25, 0.3) is 5.91 Å². The molecule has 1 N–H and O–H groups in total. The van der Waals surface area contributed by atoms with E-state index in [0.717, 1.165) is 16.3 Å². The predicted molar refractivity (Wildman–Crippen MR) is 87.5 cm³/mol. The Morgan fingerprint density at radius 2 is 2.26 bits per heavy atom. The van der Waals surface area contributed by atoms with Gasteiger partial charge in [-0.25, -0.2) is 0 Å². The Morgan fingerprint density at radius 1 is 1.43 bits per heavy atom. The van der Waals surface area contributed by atoms with Gasteiger partial charge in [-0.2, -0.15) is 5.10 Å². The van der Waals surface area contributed by atoms with E-state index in [4.69, 9.17) is 0 Å². The maximum absolute atomic E-state index is 12.2. The van der Waals surface area contributed by atoms with Crippen molar-refractivity contribution in [3.05, 3.63) is 51.7 Å². The van der Waals surface area contributed by atoms with Crippen molar-refractivity contribution in [1.82, 2.24) is 30.1 Å². The van der Waals surface area contributed by atoms with Crippen LogP contribution in [0.1, 0.15) is 32.8 Å². The van der Waals surface area contributed by atoms with E-state index in [2.05, 4.69) is 26.8 Å². The van der Waals surface area contributed by atoms with E-state index in [1.807, 2.05) is 36.0 Å². The van der Waals surface area contributed by atoms with Crippen molar-refractivity contribution in [3.63, 3.8) is 0 Å². The summed E-state index contributed by atoms with van der Waals surface area (Å²) in [4.78, 5) is 13.3. The lowest BCUT2D eigenvalue weighted by molar-refractivity contribution is 0.0944. The van der Waals surface area contributed by atoms with Gasteiger partial charge < -0.3 is 5.32 Å². The molecule has 3 aromatic heterocycles. The highest BCUT2D eigenvalue weighted by Gasteiger charge is 2.20. The van der Waals surface area contributed by atoms with Crippen LogP contribution < -0.4 is 5.32 Å². The number of aryl methyl sites for hydroxylation is 3. The predicted octanol–water partition coefficient (Wildman–Crippen LogP) is 1.71. The van der Waals surface area contributed by atoms with Crippen LogP contribution in [0.15, 0.2) is 29.8 Å². The fraction of sp³-hybridized carbons (Fsp3) is 0.333. The highest BCUT2D eigenvalue weighted by molar-refractivity contribution is 7.10. The standard InChI is InChI=1S/C15H18N6OS/c1-10-7-11(2)21(18-10)13(14-5-4-6-23-14)8-16-15(22)12-9-20(3)19-17-12/h4-7,9,13H,8H2,1-3H3,(H,16,22). The van der Waals surface area contributed by atoms with Crippen molar-refractivity contribution in [2.75, 3.05) is 6.54 Å².